The zero-order chi connectivity index (χ0) is 30.2. The Morgan fingerprint density at radius 3 is 2.38 bits per heavy atom. The highest BCUT2D eigenvalue weighted by molar-refractivity contribution is 7.92. The van der Waals surface area contributed by atoms with Crippen LogP contribution in [0.4, 0.5) is 16.2 Å². The minimum absolute atomic E-state index is 0.0110. The van der Waals surface area contributed by atoms with Crippen LogP contribution in [0.15, 0.2) is 52.3 Å². The molecular formula is C29H35FN8O3S. The second kappa shape index (κ2) is 11.7. The molecule has 1 aromatic carbocycles. The van der Waals surface area contributed by atoms with Crippen molar-refractivity contribution in [2.75, 3.05) is 24.1 Å². The van der Waals surface area contributed by atoms with Gasteiger partial charge >= 0.3 is 0 Å². The molecule has 2 N–H and O–H groups in total. The Labute approximate surface area is 244 Å². The highest BCUT2D eigenvalue weighted by atomic mass is 32.2. The van der Waals surface area contributed by atoms with Gasteiger partial charge in [-0.2, -0.15) is 4.98 Å². The molecule has 0 radical (unpaired) electrons. The van der Waals surface area contributed by atoms with E-state index in [4.69, 9.17) is 4.98 Å². The number of nitrogens with one attached hydrogen (secondary N) is 2. The summed E-state index contributed by atoms with van der Waals surface area (Å²) in [4.78, 5) is 33.7. The molecule has 0 unspecified atom stereocenters. The zero-order valence-electron chi connectivity index (χ0n) is 24.3. The molecule has 1 aliphatic rings. The quantitative estimate of drug-likeness (QED) is 0.305. The Hall–Kier alpha value is -3.97. The molecule has 11 nitrogen and oxygen atoms in total. The second-order valence-corrected chi connectivity index (χ2v) is 12.8. The predicted molar refractivity (Wildman–Crippen MR) is 161 cm³/mol. The van der Waals surface area contributed by atoms with Crippen molar-refractivity contribution in [3.05, 3.63) is 64.5 Å². The number of fused-ring (bicyclic) bond motifs is 1. The first-order chi connectivity index (χ1) is 19.9. The third-order valence-electron chi connectivity index (χ3n) is 7.61. The van der Waals surface area contributed by atoms with Crippen LogP contribution in [0.5, 0.6) is 0 Å². The number of rotatable bonds is 8. The van der Waals surface area contributed by atoms with E-state index in [-0.39, 0.29) is 29.2 Å². The highest BCUT2D eigenvalue weighted by Gasteiger charge is 2.24. The molecule has 3 heterocycles. The van der Waals surface area contributed by atoms with Crippen molar-refractivity contribution < 1.29 is 12.8 Å². The molecule has 0 spiro atoms. The molecule has 1 saturated carbocycles. The molecule has 0 amide bonds. The van der Waals surface area contributed by atoms with Crippen molar-refractivity contribution in [1.82, 2.24) is 29.4 Å². The number of benzene rings is 1. The summed E-state index contributed by atoms with van der Waals surface area (Å²) < 4.78 is 43.5. The lowest BCUT2D eigenvalue weighted by atomic mass is 9.91. The van der Waals surface area contributed by atoms with Crippen molar-refractivity contribution in [3.63, 3.8) is 0 Å². The molecule has 222 valence electrons. The molecule has 0 atom stereocenters. The van der Waals surface area contributed by atoms with Crippen LogP contribution in [0.25, 0.3) is 22.4 Å². The van der Waals surface area contributed by atoms with Crippen molar-refractivity contribution >= 4 is 33.0 Å². The van der Waals surface area contributed by atoms with Crippen molar-refractivity contribution in [1.29, 1.82) is 0 Å². The largest absolute Gasteiger partial charge is 0.351 e. The van der Waals surface area contributed by atoms with E-state index in [1.54, 1.807) is 23.8 Å². The van der Waals surface area contributed by atoms with Gasteiger partial charge in [-0.3, -0.25) is 14.1 Å². The molecular weight excluding hydrogens is 559 g/mol. The monoisotopic (exact) mass is 594 g/mol. The van der Waals surface area contributed by atoms with Crippen LogP contribution in [0.3, 0.4) is 0 Å². The van der Waals surface area contributed by atoms with Gasteiger partial charge in [-0.05, 0) is 84.8 Å². The summed E-state index contributed by atoms with van der Waals surface area (Å²) in [6.45, 7) is 5.44. The minimum atomic E-state index is -4.21. The van der Waals surface area contributed by atoms with E-state index in [1.165, 1.54) is 24.3 Å². The van der Waals surface area contributed by atoms with Gasteiger partial charge in [0.05, 0.1) is 6.20 Å². The van der Waals surface area contributed by atoms with Crippen LogP contribution in [0.1, 0.15) is 51.3 Å². The summed E-state index contributed by atoms with van der Waals surface area (Å²) in [5.74, 6) is -0.420. The first-order valence-corrected chi connectivity index (χ1v) is 15.4. The van der Waals surface area contributed by atoms with Crippen molar-refractivity contribution in [2.24, 2.45) is 0 Å². The number of aromatic nitrogens is 5. The van der Waals surface area contributed by atoms with Gasteiger partial charge in [0.15, 0.2) is 5.65 Å². The Morgan fingerprint density at radius 1 is 1.02 bits per heavy atom. The van der Waals surface area contributed by atoms with Gasteiger partial charge in [-0.25, -0.2) is 27.8 Å². The number of nitrogens with zero attached hydrogens (tertiary/aromatic N) is 6. The van der Waals surface area contributed by atoms with Gasteiger partial charge in [-0.15, -0.1) is 0 Å². The summed E-state index contributed by atoms with van der Waals surface area (Å²) in [6, 6.07) is 8.69. The number of halogens is 1. The third-order valence-corrected chi connectivity index (χ3v) is 9.00. The summed E-state index contributed by atoms with van der Waals surface area (Å²) >= 11 is 0. The molecule has 0 bridgehead atoms. The number of pyridine rings is 1. The van der Waals surface area contributed by atoms with E-state index in [0.29, 0.717) is 34.4 Å². The fraction of sp³-hybridized carbons (Fsp3) is 0.414. The van der Waals surface area contributed by atoms with Crippen molar-refractivity contribution in [2.45, 2.75) is 69.5 Å². The van der Waals surface area contributed by atoms with Crippen LogP contribution in [0.2, 0.25) is 0 Å². The lowest BCUT2D eigenvalue weighted by Gasteiger charge is -2.32. The smallest absolute Gasteiger partial charge is 0.279 e. The van der Waals surface area contributed by atoms with Gasteiger partial charge in [0.2, 0.25) is 5.95 Å². The van der Waals surface area contributed by atoms with Crippen LogP contribution < -0.4 is 15.6 Å². The Morgan fingerprint density at radius 2 is 1.74 bits per heavy atom. The molecule has 13 heteroatoms. The van der Waals surface area contributed by atoms with Gasteiger partial charge in [0.1, 0.15) is 27.7 Å². The summed E-state index contributed by atoms with van der Waals surface area (Å²) in [6.07, 6.45) is 5.82. The molecule has 4 aromatic rings. The van der Waals surface area contributed by atoms with Crippen LogP contribution in [-0.4, -0.2) is 64.0 Å². The van der Waals surface area contributed by atoms with E-state index < -0.39 is 20.7 Å². The topological polar surface area (TPSA) is 135 Å². The fourth-order valence-corrected chi connectivity index (χ4v) is 6.45. The SMILES string of the molecule is Cc1nc(NS(=O)(=O)c2ccccc2F)ccc1-c1nc2cnc(N[C@H]3CC[C@H](N(C)C)CC3)nc2n(C(C)C)c1=O. The lowest BCUT2D eigenvalue weighted by Crippen LogP contribution is -2.36. The number of aryl methyl sites for hydroxylation is 1. The van der Waals surface area contributed by atoms with E-state index in [2.05, 4.69) is 44.0 Å². The lowest BCUT2D eigenvalue weighted by molar-refractivity contribution is 0.221. The Bertz CT molecular complexity index is 1780. The summed E-state index contributed by atoms with van der Waals surface area (Å²) in [7, 11) is 0.0115. The van der Waals surface area contributed by atoms with Crippen molar-refractivity contribution in [3.8, 4) is 11.3 Å². The predicted octanol–water partition coefficient (Wildman–Crippen LogP) is 4.36. The minimum Gasteiger partial charge on any atom is -0.351 e. The van der Waals surface area contributed by atoms with E-state index in [0.717, 1.165) is 31.7 Å². The maximum absolute atomic E-state index is 14.1. The fourth-order valence-electron chi connectivity index (χ4n) is 5.37. The third kappa shape index (κ3) is 5.97. The first-order valence-electron chi connectivity index (χ1n) is 13.9. The van der Waals surface area contributed by atoms with Crippen LogP contribution in [0, 0.1) is 12.7 Å². The van der Waals surface area contributed by atoms with Crippen LogP contribution in [-0.2, 0) is 10.0 Å². The molecule has 0 aliphatic heterocycles. The number of sulfonamides is 1. The molecule has 3 aromatic heterocycles. The summed E-state index contributed by atoms with van der Waals surface area (Å²) in [5.41, 5.74) is 1.48. The van der Waals surface area contributed by atoms with E-state index in [1.807, 2.05) is 13.8 Å². The number of hydrogen-bond donors (Lipinski definition) is 2. The maximum Gasteiger partial charge on any atom is 0.279 e. The maximum atomic E-state index is 14.1. The summed E-state index contributed by atoms with van der Waals surface area (Å²) in [5, 5.41) is 3.44. The van der Waals surface area contributed by atoms with Gasteiger partial charge in [0.25, 0.3) is 15.6 Å². The van der Waals surface area contributed by atoms with Crippen LogP contribution >= 0.6 is 0 Å². The standard InChI is InChI=1S/C29H35FN8O3S/c1-17(2)38-27-23(16-31-29(35-27)33-19-10-12-20(13-11-19)37(4)5)34-26(28(38)39)21-14-15-25(32-18(21)3)36-42(40,41)24-9-7-6-8-22(24)30/h6-9,14-17,19-20H,10-13H2,1-5H3,(H,32,36)(H,31,33,35)/t19-,20-. The Balaban J connectivity index is 1.45. The second-order valence-electron chi connectivity index (χ2n) is 11.1. The average molecular weight is 595 g/mol. The average Bonchev–Trinajstić information content (AvgIpc) is 2.93. The Kier molecular flexibility index (Phi) is 8.24. The number of anilines is 2. The highest BCUT2D eigenvalue weighted by Crippen LogP contribution is 2.26. The van der Waals surface area contributed by atoms with Gasteiger partial charge < -0.3 is 10.2 Å². The van der Waals surface area contributed by atoms with E-state index in [9.17, 15) is 17.6 Å². The molecule has 0 saturated heterocycles. The number of hydrogen-bond acceptors (Lipinski definition) is 9. The normalized spacial score (nSPS) is 17.6. The molecule has 42 heavy (non-hydrogen) atoms. The van der Waals surface area contributed by atoms with Gasteiger partial charge in [-0.1, -0.05) is 12.1 Å². The zero-order valence-corrected chi connectivity index (χ0v) is 25.1. The molecule has 5 rings (SSSR count). The van der Waals surface area contributed by atoms with Gasteiger partial charge in [0, 0.05) is 29.4 Å². The first kappa shape index (κ1) is 29.5. The molecule has 1 fully saturated rings. The van der Waals surface area contributed by atoms with E-state index >= 15 is 0 Å². The molecule has 1 aliphatic carbocycles.